The molecule has 1 N–H and O–H groups in total. The van der Waals surface area contributed by atoms with Crippen molar-refractivity contribution >= 4 is 39.1 Å². The molecule has 1 unspecified atom stereocenters. The first-order chi connectivity index (χ1) is 12.5. The molecule has 0 radical (unpaired) electrons. The van der Waals surface area contributed by atoms with Gasteiger partial charge in [-0.15, -0.1) is 11.3 Å². The van der Waals surface area contributed by atoms with Crippen LogP contribution in [0.5, 0.6) is 0 Å². The molecule has 1 aliphatic rings. The molecule has 1 aromatic carbocycles. The van der Waals surface area contributed by atoms with E-state index in [-0.39, 0.29) is 19.3 Å². The average Bonchev–Trinajstić information content (AvgIpc) is 3.07. The minimum Gasteiger partial charge on any atom is -0.302 e. The zero-order valence-electron chi connectivity index (χ0n) is 14.8. The minimum atomic E-state index is -2.46. The molecule has 2 heterocycles. The molecule has 2 amide bonds. The molecule has 2 aromatic rings. The second kappa shape index (κ2) is 6.23. The van der Waals surface area contributed by atoms with Crippen LogP contribution in [0.2, 0.25) is 0 Å². The Balaban J connectivity index is 2.06. The number of halogens is 3. The lowest BCUT2D eigenvalue weighted by molar-refractivity contribution is -0.168. The van der Waals surface area contributed by atoms with Crippen LogP contribution < -0.4 is 0 Å². The van der Waals surface area contributed by atoms with Gasteiger partial charge in [0.2, 0.25) is 0 Å². The van der Waals surface area contributed by atoms with Gasteiger partial charge < -0.3 is 4.90 Å². The second-order valence-corrected chi connectivity index (χ2v) is 6.91. The molecule has 1 saturated heterocycles. The smallest absolute Gasteiger partial charge is 0.268 e. The highest BCUT2D eigenvalue weighted by molar-refractivity contribution is 9.10. The number of carbonyl (C=O) groups excluding carboxylic acids is 2. The third-order valence-corrected chi connectivity index (χ3v) is 5.36. The van der Waals surface area contributed by atoms with Crippen molar-refractivity contribution in [2.75, 3.05) is 6.54 Å². The summed E-state index contributed by atoms with van der Waals surface area (Å²) in [6.45, 7) is -3.08. The molecule has 3 rings (SSSR count). The maximum Gasteiger partial charge on any atom is 0.268 e. The van der Waals surface area contributed by atoms with E-state index in [0.717, 1.165) is 34.4 Å². The van der Waals surface area contributed by atoms with Gasteiger partial charge in [-0.05, 0) is 41.0 Å². The van der Waals surface area contributed by atoms with Gasteiger partial charge in [0, 0.05) is 13.5 Å². The van der Waals surface area contributed by atoms with E-state index in [9.17, 15) is 23.6 Å². The van der Waals surface area contributed by atoms with E-state index in [1.165, 1.54) is 6.07 Å². The van der Waals surface area contributed by atoms with Crippen LogP contribution in [0.25, 0.3) is 0 Å². The van der Waals surface area contributed by atoms with Crippen LogP contribution in [0.3, 0.4) is 0 Å². The number of nitrogens with zero attached hydrogens (tertiary/aromatic N) is 2. The topological polar surface area (TPSA) is 60.9 Å². The van der Waals surface area contributed by atoms with Crippen molar-refractivity contribution in [3.8, 4) is 0 Å². The van der Waals surface area contributed by atoms with Gasteiger partial charge in [0.25, 0.3) is 11.8 Å². The first kappa shape index (κ1) is 13.5. The van der Waals surface area contributed by atoms with Crippen LogP contribution in [0.15, 0.2) is 28.7 Å². The van der Waals surface area contributed by atoms with Crippen molar-refractivity contribution in [1.29, 1.82) is 0 Å². The Bertz CT molecular complexity index is 917. The fraction of sp³-hybridized carbons (Fsp3) is 0.200. The largest absolute Gasteiger partial charge is 0.302 e. The van der Waals surface area contributed by atoms with Crippen LogP contribution in [-0.2, 0) is 4.79 Å². The molecule has 0 saturated carbocycles. The molecule has 0 spiro atoms. The zero-order valence-corrected chi connectivity index (χ0v) is 14.2. The van der Waals surface area contributed by atoms with Crippen LogP contribution in [0, 0.1) is 18.5 Å². The molecule has 1 aromatic heterocycles. The second-order valence-electron chi connectivity index (χ2n) is 4.97. The lowest BCUT2D eigenvalue weighted by Gasteiger charge is -2.25. The van der Waals surface area contributed by atoms with Gasteiger partial charge >= 0.3 is 0 Å². The molecule has 5 nitrogen and oxygen atoms in total. The van der Waals surface area contributed by atoms with Crippen molar-refractivity contribution in [2.45, 2.75) is 13.0 Å². The predicted molar refractivity (Wildman–Crippen MR) is 85.5 cm³/mol. The third kappa shape index (κ3) is 2.72. The molecule has 24 heavy (non-hydrogen) atoms. The monoisotopic (exact) mass is 419 g/mol. The van der Waals surface area contributed by atoms with E-state index in [1.54, 1.807) is 0 Å². The third-order valence-electron chi connectivity index (χ3n) is 3.49. The molecule has 0 bridgehead atoms. The highest BCUT2D eigenvalue weighted by Gasteiger charge is 2.43. The lowest BCUT2D eigenvalue weighted by Crippen LogP contribution is -2.34. The van der Waals surface area contributed by atoms with Gasteiger partial charge in [-0.1, -0.05) is 6.07 Å². The number of rotatable bonds is 2. The van der Waals surface area contributed by atoms with Gasteiger partial charge in [-0.2, -0.15) is 5.06 Å². The molecule has 1 atom stereocenters. The van der Waals surface area contributed by atoms with Crippen LogP contribution in [0.4, 0.5) is 8.78 Å². The summed E-state index contributed by atoms with van der Waals surface area (Å²) >= 11 is 3.85. The van der Waals surface area contributed by atoms with Gasteiger partial charge in [0.1, 0.15) is 23.7 Å². The number of benzene rings is 1. The first-order valence-corrected chi connectivity index (χ1v) is 8.19. The Morgan fingerprint density at radius 3 is 2.71 bits per heavy atom. The molecular formula is C15H11BrF2N2O3S. The van der Waals surface area contributed by atoms with E-state index in [4.69, 9.17) is 4.11 Å². The van der Waals surface area contributed by atoms with Gasteiger partial charge in [0.05, 0.1) is 4.88 Å². The molecule has 1 aliphatic heterocycles. The number of hydroxylamine groups is 2. The van der Waals surface area contributed by atoms with E-state index in [1.807, 2.05) is 0 Å². The summed E-state index contributed by atoms with van der Waals surface area (Å²) < 4.78 is 50.7. The fourth-order valence-electron chi connectivity index (χ4n) is 2.39. The summed E-state index contributed by atoms with van der Waals surface area (Å²) in [5, 5.41) is 10.3. The highest BCUT2D eigenvalue weighted by Crippen LogP contribution is 2.38. The molecule has 126 valence electrons. The number of hydrogen-bond donors (Lipinski definition) is 1. The highest BCUT2D eigenvalue weighted by atomic mass is 79.9. The van der Waals surface area contributed by atoms with Crippen molar-refractivity contribution in [3.05, 3.63) is 55.7 Å². The fourth-order valence-corrected chi connectivity index (χ4v) is 3.93. The molecule has 9 heteroatoms. The number of carbonyl (C=O) groups is 2. The number of thiophene rings is 1. The Morgan fingerprint density at radius 2 is 2.12 bits per heavy atom. The van der Waals surface area contributed by atoms with Gasteiger partial charge in [0.15, 0.2) is 6.17 Å². The maximum absolute atomic E-state index is 14.0. The van der Waals surface area contributed by atoms with E-state index in [0.29, 0.717) is 0 Å². The Kier molecular flexibility index (Phi) is 3.49. The molecular weight excluding hydrogens is 406 g/mol. The van der Waals surface area contributed by atoms with Crippen LogP contribution >= 0.6 is 27.3 Å². The Hall–Kier alpha value is -1.84. The van der Waals surface area contributed by atoms with Gasteiger partial charge in [-0.25, -0.2) is 8.78 Å². The summed E-state index contributed by atoms with van der Waals surface area (Å²) in [6.07, 6.45) is -1.40. The van der Waals surface area contributed by atoms with E-state index < -0.39 is 48.6 Å². The van der Waals surface area contributed by atoms with Crippen LogP contribution in [-0.4, -0.2) is 33.5 Å². The molecule has 1 fully saturated rings. The summed E-state index contributed by atoms with van der Waals surface area (Å²) in [5.41, 5.74) is -0.864. The summed E-state index contributed by atoms with van der Waals surface area (Å²) in [4.78, 5) is 25.5. The average molecular weight is 420 g/mol. The van der Waals surface area contributed by atoms with Gasteiger partial charge in [-0.3, -0.25) is 14.8 Å². The van der Waals surface area contributed by atoms with Crippen LogP contribution in [0.1, 0.15) is 30.4 Å². The summed E-state index contributed by atoms with van der Waals surface area (Å²) in [5.74, 6) is -4.23. The lowest BCUT2D eigenvalue weighted by atomic mass is 10.1. The summed E-state index contributed by atoms with van der Waals surface area (Å²) in [7, 11) is 0. The zero-order chi connectivity index (χ0) is 20.1. The predicted octanol–water partition coefficient (Wildman–Crippen LogP) is 3.47. The Morgan fingerprint density at radius 1 is 1.46 bits per heavy atom. The SMILES string of the molecule is [2H]C([2H])([2H])c1sc(C2N(O)C(=O)CN2C(=O)c2c(F)cccc2F)cc1Br. The van der Waals surface area contributed by atoms with E-state index >= 15 is 0 Å². The number of amides is 2. The standard InChI is InChI=1S/C15H11BrF2N2O3S/c1-7-8(16)5-11(24-7)14-19(6-12(21)20(14)23)15(22)13-9(17)3-2-4-10(13)18/h2-5,14,23H,6H2,1H3/i1D3. The summed E-state index contributed by atoms with van der Waals surface area (Å²) in [6, 6.07) is 4.23. The quantitative estimate of drug-likeness (QED) is 0.758. The minimum absolute atomic E-state index is 0.0466. The van der Waals surface area contributed by atoms with Crippen molar-refractivity contribution in [3.63, 3.8) is 0 Å². The van der Waals surface area contributed by atoms with E-state index in [2.05, 4.69) is 15.9 Å². The first-order valence-electron chi connectivity index (χ1n) is 8.08. The normalized spacial score (nSPS) is 20.1. The Labute approximate surface area is 152 Å². The van der Waals surface area contributed by atoms with Crippen molar-refractivity contribution < 1.29 is 27.7 Å². The molecule has 0 aliphatic carbocycles. The van der Waals surface area contributed by atoms with Crippen molar-refractivity contribution in [1.82, 2.24) is 9.96 Å². The number of hydrogen-bond acceptors (Lipinski definition) is 4. The van der Waals surface area contributed by atoms with Crippen molar-refractivity contribution in [2.24, 2.45) is 0 Å². The maximum atomic E-state index is 14.0. The number of aryl methyl sites for hydroxylation is 1.